The SMILES string of the molecule is CCCCCCCCCC/C=C\CCCCCCCCCCCC(=O)OC(COC(=O)CCCCCCCCCCCCCCCCC)COC(=O)CCCCCCCCCCCCCCCCCCCCCCCC. The molecule has 0 aliphatic carbocycles. The minimum atomic E-state index is -0.767. The predicted molar refractivity (Wildman–Crippen MR) is 330 cm³/mol. The number of allylic oxidation sites excluding steroid dienone is 2. The highest BCUT2D eigenvalue weighted by Gasteiger charge is 2.19. The van der Waals surface area contributed by atoms with Gasteiger partial charge in [0.2, 0.25) is 0 Å². The molecule has 76 heavy (non-hydrogen) atoms. The Labute approximate surface area is 475 Å². The van der Waals surface area contributed by atoms with E-state index in [0.29, 0.717) is 19.3 Å². The van der Waals surface area contributed by atoms with E-state index < -0.39 is 6.10 Å². The minimum Gasteiger partial charge on any atom is -0.462 e. The van der Waals surface area contributed by atoms with Gasteiger partial charge in [-0.2, -0.15) is 0 Å². The monoisotopic (exact) mass is 1070 g/mol. The van der Waals surface area contributed by atoms with Crippen molar-refractivity contribution in [3.63, 3.8) is 0 Å². The molecule has 6 nitrogen and oxygen atoms in total. The second-order valence-corrected chi connectivity index (χ2v) is 23.8. The van der Waals surface area contributed by atoms with Gasteiger partial charge in [-0.05, 0) is 44.9 Å². The van der Waals surface area contributed by atoms with Crippen LogP contribution in [0.3, 0.4) is 0 Å². The van der Waals surface area contributed by atoms with Crippen LogP contribution in [0, 0.1) is 0 Å². The maximum atomic E-state index is 12.9. The van der Waals surface area contributed by atoms with Crippen LogP contribution in [0.15, 0.2) is 12.2 Å². The summed E-state index contributed by atoms with van der Waals surface area (Å²) in [6.07, 6.45) is 78.0. The fraction of sp³-hybridized carbons (Fsp3) is 0.929. The van der Waals surface area contributed by atoms with Gasteiger partial charge in [0.05, 0.1) is 0 Å². The lowest BCUT2D eigenvalue weighted by atomic mass is 10.0. The zero-order chi connectivity index (χ0) is 55.0. The number of hydrogen-bond acceptors (Lipinski definition) is 6. The lowest BCUT2D eigenvalue weighted by Gasteiger charge is -2.18. The summed E-state index contributed by atoms with van der Waals surface area (Å²) in [5, 5.41) is 0. The van der Waals surface area contributed by atoms with Crippen molar-refractivity contribution >= 4 is 17.9 Å². The quantitative estimate of drug-likeness (QED) is 0.0261. The summed E-state index contributed by atoms with van der Waals surface area (Å²) >= 11 is 0. The second kappa shape index (κ2) is 65.7. The van der Waals surface area contributed by atoms with Crippen LogP contribution in [0.4, 0.5) is 0 Å². The maximum Gasteiger partial charge on any atom is 0.306 e. The van der Waals surface area contributed by atoms with E-state index in [4.69, 9.17) is 14.2 Å². The third-order valence-corrected chi connectivity index (χ3v) is 16.0. The van der Waals surface area contributed by atoms with Crippen LogP contribution in [0.5, 0.6) is 0 Å². The molecular formula is C70H134O6. The van der Waals surface area contributed by atoms with Crippen molar-refractivity contribution in [1.29, 1.82) is 0 Å². The van der Waals surface area contributed by atoms with Gasteiger partial charge in [0, 0.05) is 19.3 Å². The van der Waals surface area contributed by atoms with E-state index >= 15 is 0 Å². The Hall–Kier alpha value is -1.85. The number of esters is 3. The summed E-state index contributed by atoms with van der Waals surface area (Å²) in [7, 11) is 0. The van der Waals surface area contributed by atoms with E-state index in [2.05, 4.69) is 32.9 Å². The third kappa shape index (κ3) is 63.0. The summed E-state index contributed by atoms with van der Waals surface area (Å²) in [6.45, 7) is 6.73. The van der Waals surface area contributed by atoms with Crippen molar-refractivity contribution in [3.05, 3.63) is 12.2 Å². The van der Waals surface area contributed by atoms with Crippen LogP contribution in [-0.4, -0.2) is 37.2 Å². The number of hydrogen-bond donors (Lipinski definition) is 0. The van der Waals surface area contributed by atoms with E-state index in [1.165, 1.54) is 302 Å². The molecule has 0 saturated heterocycles. The molecule has 450 valence electrons. The number of ether oxygens (including phenoxy) is 3. The fourth-order valence-corrected chi connectivity index (χ4v) is 10.8. The molecule has 0 N–H and O–H groups in total. The molecule has 0 aromatic heterocycles. The molecular weight excluding hydrogens is 937 g/mol. The molecule has 0 aromatic carbocycles. The molecule has 0 aliphatic heterocycles. The summed E-state index contributed by atoms with van der Waals surface area (Å²) in [6, 6.07) is 0. The van der Waals surface area contributed by atoms with Gasteiger partial charge in [-0.15, -0.1) is 0 Å². The van der Waals surface area contributed by atoms with Gasteiger partial charge in [0.15, 0.2) is 6.10 Å². The fourth-order valence-electron chi connectivity index (χ4n) is 10.8. The molecule has 0 amide bonds. The van der Waals surface area contributed by atoms with Gasteiger partial charge in [0.25, 0.3) is 0 Å². The Morgan fingerprint density at radius 2 is 0.434 bits per heavy atom. The number of carbonyl (C=O) groups excluding carboxylic acids is 3. The third-order valence-electron chi connectivity index (χ3n) is 16.0. The molecule has 0 radical (unpaired) electrons. The highest BCUT2D eigenvalue weighted by molar-refractivity contribution is 5.71. The normalized spacial score (nSPS) is 12.0. The van der Waals surface area contributed by atoms with Crippen LogP contribution in [0.2, 0.25) is 0 Å². The van der Waals surface area contributed by atoms with E-state index in [0.717, 1.165) is 57.8 Å². The Bertz CT molecular complexity index is 1180. The van der Waals surface area contributed by atoms with E-state index in [1.807, 2.05) is 0 Å². The molecule has 1 atom stereocenters. The first-order valence-electron chi connectivity index (χ1n) is 34.7. The zero-order valence-electron chi connectivity index (χ0n) is 51.8. The van der Waals surface area contributed by atoms with Gasteiger partial charge in [-0.1, -0.05) is 348 Å². The average molecular weight is 1070 g/mol. The van der Waals surface area contributed by atoms with Gasteiger partial charge in [0.1, 0.15) is 13.2 Å². The highest BCUT2D eigenvalue weighted by Crippen LogP contribution is 2.19. The van der Waals surface area contributed by atoms with Crippen LogP contribution in [0.1, 0.15) is 400 Å². The van der Waals surface area contributed by atoms with E-state index in [1.54, 1.807) is 0 Å². The van der Waals surface area contributed by atoms with Crippen molar-refractivity contribution in [2.24, 2.45) is 0 Å². The summed E-state index contributed by atoms with van der Waals surface area (Å²) in [5.74, 6) is -0.830. The van der Waals surface area contributed by atoms with Crippen molar-refractivity contribution in [2.45, 2.75) is 406 Å². The molecule has 0 aliphatic rings. The number of carbonyl (C=O) groups is 3. The molecule has 0 fully saturated rings. The highest BCUT2D eigenvalue weighted by atomic mass is 16.6. The lowest BCUT2D eigenvalue weighted by molar-refractivity contribution is -0.167. The molecule has 0 heterocycles. The second-order valence-electron chi connectivity index (χ2n) is 23.8. The van der Waals surface area contributed by atoms with Crippen molar-refractivity contribution < 1.29 is 28.6 Å². The first-order valence-corrected chi connectivity index (χ1v) is 34.7. The maximum absolute atomic E-state index is 12.9. The van der Waals surface area contributed by atoms with Gasteiger partial charge in [-0.25, -0.2) is 0 Å². The number of rotatable bonds is 65. The van der Waals surface area contributed by atoms with Crippen molar-refractivity contribution in [1.82, 2.24) is 0 Å². The first-order chi connectivity index (χ1) is 37.5. The molecule has 0 saturated carbocycles. The van der Waals surface area contributed by atoms with E-state index in [9.17, 15) is 14.4 Å². The smallest absolute Gasteiger partial charge is 0.306 e. The van der Waals surface area contributed by atoms with E-state index in [-0.39, 0.29) is 31.1 Å². The predicted octanol–water partition coefficient (Wildman–Crippen LogP) is 23.6. The summed E-state index contributed by atoms with van der Waals surface area (Å²) in [4.78, 5) is 38.4. The lowest BCUT2D eigenvalue weighted by Crippen LogP contribution is -2.30. The van der Waals surface area contributed by atoms with Crippen LogP contribution in [-0.2, 0) is 28.6 Å². The molecule has 0 bridgehead atoms. The van der Waals surface area contributed by atoms with Gasteiger partial charge in [-0.3, -0.25) is 14.4 Å². The van der Waals surface area contributed by atoms with Crippen LogP contribution >= 0.6 is 0 Å². The van der Waals surface area contributed by atoms with Crippen LogP contribution in [0.25, 0.3) is 0 Å². The standard InChI is InChI=1S/C70H134O6/c1-4-7-10-13-16-19-22-25-28-30-32-34-36-37-39-42-45-48-51-54-57-60-63-69(72)75-66-67(65-74-68(71)62-59-56-53-50-47-44-41-27-24-21-18-15-12-9-6-3)76-70(73)64-61-58-55-52-49-46-43-40-38-35-33-31-29-26-23-20-17-14-11-8-5-2/h31,33,67H,4-30,32,34-66H2,1-3H3/b33-31-. The largest absolute Gasteiger partial charge is 0.462 e. The van der Waals surface area contributed by atoms with Crippen LogP contribution < -0.4 is 0 Å². The minimum absolute atomic E-state index is 0.0638. The summed E-state index contributed by atoms with van der Waals surface area (Å²) in [5.41, 5.74) is 0. The Balaban J connectivity index is 4.26. The Morgan fingerprint density at radius 3 is 0.658 bits per heavy atom. The molecule has 0 rings (SSSR count). The van der Waals surface area contributed by atoms with Gasteiger partial charge >= 0.3 is 17.9 Å². The first kappa shape index (κ1) is 74.2. The van der Waals surface area contributed by atoms with Crippen molar-refractivity contribution in [3.8, 4) is 0 Å². The Morgan fingerprint density at radius 1 is 0.250 bits per heavy atom. The van der Waals surface area contributed by atoms with Crippen molar-refractivity contribution in [2.75, 3.05) is 13.2 Å². The van der Waals surface area contributed by atoms with Gasteiger partial charge < -0.3 is 14.2 Å². The topological polar surface area (TPSA) is 78.9 Å². The average Bonchev–Trinajstić information content (AvgIpc) is 3.42. The Kier molecular flexibility index (Phi) is 64.1. The number of unbranched alkanes of at least 4 members (excludes halogenated alkanes) is 52. The molecule has 1 unspecified atom stereocenters. The molecule has 6 heteroatoms. The molecule has 0 aromatic rings. The zero-order valence-corrected chi connectivity index (χ0v) is 51.8. The molecule has 0 spiro atoms. The summed E-state index contributed by atoms with van der Waals surface area (Å²) < 4.78 is 17.0.